The maximum Gasteiger partial charge on any atom is 0.00647 e. The van der Waals surface area contributed by atoms with Crippen molar-refractivity contribution in [2.75, 3.05) is 5.33 Å². The van der Waals surface area contributed by atoms with E-state index in [1.54, 1.807) is 0 Å². The Labute approximate surface area is 98.0 Å². The van der Waals surface area contributed by atoms with Crippen LogP contribution in [0.2, 0.25) is 0 Å². The van der Waals surface area contributed by atoms with Crippen LogP contribution in [-0.2, 0) is 0 Å². The second-order valence-corrected chi connectivity index (χ2v) is 6.60. The van der Waals surface area contributed by atoms with E-state index >= 15 is 0 Å². The maximum absolute atomic E-state index is 3.68. The molecule has 0 heterocycles. The first-order valence-electron chi connectivity index (χ1n) is 6.10. The molecule has 0 aromatic heterocycles. The smallest absolute Gasteiger partial charge is 0.00647 e. The van der Waals surface area contributed by atoms with Gasteiger partial charge in [-0.1, -0.05) is 68.8 Å². The van der Waals surface area contributed by atoms with Gasteiger partial charge in [0.25, 0.3) is 0 Å². The quantitative estimate of drug-likeness (QED) is 0.626. The Balaban J connectivity index is 2.39. The maximum atomic E-state index is 3.68. The van der Waals surface area contributed by atoms with E-state index in [0.717, 1.165) is 11.8 Å². The van der Waals surface area contributed by atoms with E-state index in [-0.39, 0.29) is 0 Å². The normalized spacial score (nSPS) is 22.3. The molecule has 1 saturated carbocycles. The molecule has 0 N–H and O–H groups in total. The van der Waals surface area contributed by atoms with E-state index in [1.165, 1.54) is 43.9 Å². The van der Waals surface area contributed by atoms with Gasteiger partial charge in [0.05, 0.1) is 0 Å². The molecular weight excluding hydrogens is 236 g/mol. The molecule has 1 aliphatic rings. The number of hydrogen-bond acceptors (Lipinski definition) is 0. The molecule has 1 fully saturated rings. The summed E-state index contributed by atoms with van der Waals surface area (Å²) in [5.74, 6) is 1.87. The molecule has 0 amide bonds. The third-order valence-corrected chi connectivity index (χ3v) is 4.54. The molecule has 1 unspecified atom stereocenters. The van der Waals surface area contributed by atoms with Crippen LogP contribution < -0.4 is 0 Å². The van der Waals surface area contributed by atoms with Gasteiger partial charge in [-0.3, -0.25) is 0 Å². The molecule has 14 heavy (non-hydrogen) atoms. The summed E-state index contributed by atoms with van der Waals surface area (Å²) in [4.78, 5) is 0. The summed E-state index contributed by atoms with van der Waals surface area (Å²) >= 11 is 3.68. The third kappa shape index (κ3) is 3.92. The number of halogens is 1. The van der Waals surface area contributed by atoms with Crippen molar-refractivity contribution < 1.29 is 0 Å². The van der Waals surface area contributed by atoms with Crippen LogP contribution in [0.15, 0.2) is 0 Å². The fourth-order valence-electron chi connectivity index (χ4n) is 2.47. The average molecular weight is 261 g/mol. The van der Waals surface area contributed by atoms with Crippen molar-refractivity contribution >= 4 is 15.9 Å². The van der Waals surface area contributed by atoms with Gasteiger partial charge in [0, 0.05) is 5.33 Å². The van der Waals surface area contributed by atoms with E-state index in [0.29, 0.717) is 5.41 Å². The predicted molar refractivity (Wildman–Crippen MR) is 67.9 cm³/mol. The zero-order valence-electron chi connectivity index (χ0n) is 9.98. The van der Waals surface area contributed by atoms with Crippen LogP contribution in [0.25, 0.3) is 0 Å². The fraction of sp³-hybridized carbons (Fsp3) is 1.00. The Bertz CT molecular complexity index is 151. The van der Waals surface area contributed by atoms with Crippen LogP contribution in [-0.4, -0.2) is 5.33 Å². The van der Waals surface area contributed by atoms with Gasteiger partial charge in [-0.15, -0.1) is 0 Å². The minimum Gasteiger partial charge on any atom is -0.0925 e. The lowest BCUT2D eigenvalue weighted by molar-refractivity contribution is 0.196. The molecule has 0 radical (unpaired) electrons. The van der Waals surface area contributed by atoms with Crippen molar-refractivity contribution in [3.05, 3.63) is 0 Å². The zero-order valence-corrected chi connectivity index (χ0v) is 11.6. The van der Waals surface area contributed by atoms with Crippen LogP contribution in [0.4, 0.5) is 0 Å². The highest BCUT2D eigenvalue weighted by molar-refractivity contribution is 9.09. The Morgan fingerprint density at radius 2 is 1.71 bits per heavy atom. The number of alkyl halides is 1. The summed E-state index contributed by atoms with van der Waals surface area (Å²) in [6, 6.07) is 0. The first-order valence-corrected chi connectivity index (χ1v) is 7.22. The van der Waals surface area contributed by atoms with Crippen molar-refractivity contribution in [2.24, 2.45) is 17.3 Å². The second kappa shape index (κ2) is 5.53. The molecule has 0 nitrogen and oxygen atoms in total. The molecule has 0 spiro atoms. The van der Waals surface area contributed by atoms with Crippen LogP contribution >= 0.6 is 15.9 Å². The van der Waals surface area contributed by atoms with Gasteiger partial charge in [0.1, 0.15) is 0 Å². The monoisotopic (exact) mass is 260 g/mol. The van der Waals surface area contributed by atoms with Crippen LogP contribution in [0, 0.1) is 17.3 Å². The van der Waals surface area contributed by atoms with Gasteiger partial charge in [0.2, 0.25) is 0 Å². The predicted octanol–water partition coefficient (Wildman–Crippen LogP) is 5.01. The molecule has 1 heteroatoms. The standard InChI is InChI=1S/C13H25Br/c1-13(2,3)12(10-14)9-11-7-5-4-6-8-11/h11-12H,4-10H2,1-3H3. The highest BCUT2D eigenvalue weighted by atomic mass is 79.9. The molecule has 84 valence electrons. The largest absolute Gasteiger partial charge is 0.0925 e. The summed E-state index contributed by atoms with van der Waals surface area (Å²) in [5.41, 5.74) is 0.473. The first kappa shape index (κ1) is 12.5. The van der Waals surface area contributed by atoms with Crippen molar-refractivity contribution in [1.82, 2.24) is 0 Å². The topological polar surface area (TPSA) is 0 Å². The molecule has 0 aromatic carbocycles. The van der Waals surface area contributed by atoms with Crippen molar-refractivity contribution in [2.45, 2.75) is 59.3 Å². The average Bonchev–Trinajstić information content (AvgIpc) is 2.14. The van der Waals surface area contributed by atoms with E-state index in [9.17, 15) is 0 Å². The van der Waals surface area contributed by atoms with Gasteiger partial charge < -0.3 is 0 Å². The molecule has 0 saturated heterocycles. The second-order valence-electron chi connectivity index (χ2n) is 5.96. The molecule has 1 aliphatic carbocycles. The molecule has 0 aromatic rings. The molecule has 0 aliphatic heterocycles. The molecule has 1 atom stereocenters. The molecule has 1 rings (SSSR count). The zero-order chi connectivity index (χ0) is 10.6. The molecule has 0 bridgehead atoms. The summed E-state index contributed by atoms with van der Waals surface area (Å²) < 4.78 is 0. The SMILES string of the molecule is CC(C)(C)C(CBr)CC1CCCCC1. The van der Waals surface area contributed by atoms with Crippen LogP contribution in [0.3, 0.4) is 0 Å². The third-order valence-electron chi connectivity index (χ3n) is 3.75. The number of rotatable bonds is 3. The lowest BCUT2D eigenvalue weighted by Crippen LogP contribution is -2.25. The Morgan fingerprint density at radius 1 is 1.14 bits per heavy atom. The van der Waals surface area contributed by atoms with Crippen molar-refractivity contribution in [1.29, 1.82) is 0 Å². The Kier molecular flexibility index (Phi) is 4.96. The van der Waals surface area contributed by atoms with Crippen molar-refractivity contribution in [3.63, 3.8) is 0 Å². The van der Waals surface area contributed by atoms with Crippen LogP contribution in [0.1, 0.15) is 59.3 Å². The summed E-state index contributed by atoms with van der Waals surface area (Å²) in [6.07, 6.45) is 8.84. The fourth-order valence-corrected chi connectivity index (χ4v) is 3.71. The minimum atomic E-state index is 0.473. The lowest BCUT2D eigenvalue weighted by Gasteiger charge is -2.33. The highest BCUT2D eigenvalue weighted by Crippen LogP contribution is 2.37. The minimum absolute atomic E-state index is 0.473. The first-order chi connectivity index (χ1) is 6.54. The Morgan fingerprint density at radius 3 is 2.14 bits per heavy atom. The summed E-state index contributed by atoms with van der Waals surface area (Å²) in [6.45, 7) is 7.13. The highest BCUT2D eigenvalue weighted by Gasteiger charge is 2.27. The van der Waals surface area contributed by atoms with Gasteiger partial charge in [0.15, 0.2) is 0 Å². The van der Waals surface area contributed by atoms with Gasteiger partial charge in [-0.05, 0) is 23.7 Å². The van der Waals surface area contributed by atoms with Crippen LogP contribution in [0.5, 0.6) is 0 Å². The summed E-state index contributed by atoms with van der Waals surface area (Å²) in [5, 5.41) is 1.17. The van der Waals surface area contributed by atoms with Gasteiger partial charge in [-0.2, -0.15) is 0 Å². The van der Waals surface area contributed by atoms with Gasteiger partial charge >= 0.3 is 0 Å². The van der Waals surface area contributed by atoms with E-state index < -0.39 is 0 Å². The van der Waals surface area contributed by atoms with E-state index in [2.05, 4.69) is 36.7 Å². The van der Waals surface area contributed by atoms with Crippen molar-refractivity contribution in [3.8, 4) is 0 Å². The van der Waals surface area contributed by atoms with E-state index in [4.69, 9.17) is 0 Å². The lowest BCUT2D eigenvalue weighted by atomic mass is 9.74. The Hall–Kier alpha value is 0.480. The molecular formula is C13H25Br. The summed E-state index contributed by atoms with van der Waals surface area (Å²) in [7, 11) is 0. The number of hydrogen-bond donors (Lipinski definition) is 0. The van der Waals surface area contributed by atoms with E-state index in [1.807, 2.05) is 0 Å². The van der Waals surface area contributed by atoms with Gasteiger partial charge in [-0.25, -0.2) is 0 Å².